The average molecular weight is 164 g/mol. The molecule has 0 saturated carbocycles. The molecule has 0 radical (unpaired) electrons. The van der Waals surface area contributed by atoms with Gasteiger partial charge in [0.15, 0.2) is 0 Å². The van der Waals surface area contributed by atoms with Crippen molar-refractivity contribution in [3.63, 3.8) is 0 Å². The highest BCUT2D eigenvalue weighted by atomic mass is 31.2. The SMILES string of the molecule is CCCCP1(=O)OCCO1. The Kier molecular flexibility index (Phi) is 2.90. The van der Waals surface area contributed by atoms with Crippen LogP contribution in [0.2, 0.25) is 0 Å². The highest BCUT2D eigenvalue weighted by Crippen LogP contribution is 2.52. The second-order valence-corrected chi connectivity index (χ2v) is 4.54. The molecule has 0 aromatic rings. The van der Waals surface area contributed by atoms with Crippen LogP contribution < -0.4 is 0 Å². The number of hydrogen-bond acceptors (Lipinski definition) is 3. The molecule has 1 aliphatic rings. The normalized spacial score (nSPS) is 23.3. The first-order valence-corrected chi connectivity index (χ1v) is 5.38. The van der Waals surface area contributed by atoms with E-state index in [4.69, 9.17) is 9.05 Å². The van der Waals surface area contributed by atoms with E-state index < -0.39 is 7.60 Å². The van der Waals surface area contributed by atoms with Crippen LogP contribution >= 0.6 is 7.60 Å². The third-order valence-electron chi connectivity index (χ3n) is 1.44. The Morgan fingerprint density at radius 2 is 2.00 bits per heavy atom. The van der Waals surface area contributed by atoms with Gasteiger partial charge in [-0.3, -0.25) is 4.57 Å². The van der Waals surface area contributed by atoms with Crippen molar-refractivity contribution in [3.05, 3.63) is 0 Å². The third kappa shape index (κ3) is 2.08. The molecule has 0 aromatic heterocycles. The van der Waals surface area contributed by atoms with Crippen LogP contribution in [0.25, 0.3) is 0 Å². The Hall–Kier alpha value is 0.150. The fourth-order valence-electron chi connectivity index (χ4n) is 0.871. The van der Waals surface area contributed by atoms with Gasteiger partial charge in [-0.15, -0.1) is 0 Å². The van der Waals surface area contributed by atoms with Crippen LogP contribution in [0.5, 0.6) is 0 Å². The molecule has 0 bridgehead atoms. The molecule has 60 valence electrons. The van der Waals surface area contributed by atoms with Crippen molar-refractivity contribution in [2.75, 3.05) is 19.4 Å². The molecule has 1 rings (SSSR count). The van der Waals surface area contributed by atoms with Gasteiger partial charge in [0.1, 0.15) is 0 Å². The highest BCUT2D eigenvalue weighted by molar-refractivity contribution is 7.54. The van der Waals surface area contributed by atoms with Gasteiger partial charge in [-0.2, -0.15) is 0 Å². The number of rotatable bonds is 3. The van der Waals surface area contributed by atoms with Crippen molar-refractivity contribution in [2.45, 2.75) is 19.8 Å². The quantitative estimate of drug-likeness (QED) is 0.598. The minimum Gasteiger partial charge on any atom is -0.306 e. The summed E-state index contributed by atoms with van der Waals surface area (Å²) in [4.78, 5) is 0. The van der Waals surface area contributed by atoms with E-state index in [1.807, 2.05) is 0 Å². The summed E-state index contributed by atoms with van der Waals surface area (Å²) in [6.45, 7) is 3.06. The molecule has 0 N–H and O–H groups in total. The topological polar surface area (TPSA) is 35.5 Å². The second kappa shape index (κ2) is 3.51. The summed E-state index contributed by atoms with van der Waals surface area (Å²) >= 11 is 0. The van der Waals surface area contributed by atoms with E-state index in [9.17, 15) is 4.57 Å². The van der Waals surface area contributed by atoms with Gasteiger partial charge in [0.25, 0.3) is 0 Å². The maximum atomic E-state index is 11.3. The van der Waals surface area contributed by atoms with Crippen molar-refractivity contribution in [1.82, 2.24) is 0 Å². The number of unbranched alkanes of at least 4 members (excludes halogenated alkanes) is 1. The Morgan fingerprint density at radius 1 is 1.40 bits per heavy atom. The molecule has 1 saturated heterocycles. The summed E-state index contributed by atoms with van der Waals surface area (Å²) in [5.41, 5.74) is 0. The molecule has 0 aromatic carbocycles. The predicted molar refractivity (Wildman–Crippen MR) is 39.3 cm³/mol. The fourth-order valence-corrected chi connectivity index (χ4v) is 2.61. The van der Waals surface area contributed by atoms with Crippen LogP contribution in [0.4, 0.5) is 0 Å². The Balaban J connectivity index is 2.29. The van der Waals surface area contributed by atoms with Crippen molar-refractivity contribution in [2.24, 2.45) is 0 Å². The van der Waals surface area contributed by atoms with Gasteiger partial charge < -0.3 is 9.05 Å². The minimum absolute atomic E-state index is 0.501. The fraction of sp³-hybridized carbons (Fsp3) is 1.00. The van der Waals surface area contributed by atoms with Crippen molar-refractivity contribution in [1.29, 1.82) is 0 Å². The van der Waals surface area contributed by atoms with E-state index in [0.717, 1.165) is 12.8 Å². The van der Waals surface area contributed by atoms with Crippen LogP contribution in [0, 0.1) is 0 Å². The number of hydrogen-bond donors (Lipinski definition) is 0. The van der Waals surface area contributed by atoms with Crippen molar-refractivity contribution < 1.29 is 13.6 Å². The largest absolute Gasteiger partial charge is 0.330 e. The third-order valence-corrected chi connectivity index (χ3v) is 3.46. The summed E-state index contributed by atoms with van der Waals surface area (Å²) < 4.78 is 21.3. The van der Waals surface area contributed by atoms with E-state index >= 15 is 0 Å². The molecule has 4 heteroatoms. The first-order valence-electron chi connectivity index (χ1n) is 3.65. The maximum Gasteiger partial charge on any atom is 0.330 e. The van der Waals surface area contributed by atoms with E-state index in [1.165, 1.54) is 0 Å². The molecule has 3 nitrogen and oxygen atoms in total. The first-order chi connectivity index (χ1) is 4.77. The van der Waals surface area contributed by atoms with Crippen molar-refractivity contribution >= 4 is 7.60 Å². The Morgan fingerprint density at radius 3 is 2.50 bits per heavy atom. The summed E-state index contributed by atoms with van der Waals surface area (Å²) in [7, 11) is -2.59. The lowest BCUT2D eigenvalue weighted by Gasteiger charge is -2.06. The minimum atomic E-state index is -2.59. The lowest BCUT2D eigenvalue weighted by Crippen LogP contribution is -1.88. The lowest BCUT2D eigenvalue weighted by atomic mass is 10.4. The van der Waals surface area contributed by atoms with Crippen LogP contribution in [0.1, 0.15) is 19.8 Å². The molecular weight excluding hydrogens is 151 g/mol. The van der Waals surface area contributed by atoms with Gasteiger partial charge in [0.05, 0.1) is 19.4 Å². The van der Waals surface area contributed by atoms with Crippen LogP contribution in [0.3, 0.4) is 0 Å². The van der Waals surface area contributed by atoms with E-state index in [-0.39, 0.29) is 0 Å². The molecule has 0 aliphatic carbocycles. The predicted octanol–water partition coefficient (Wildman–Crippen LogP) is 2.03. The van der Waals surface area contributed by atoms with Gasteiger partial charge in [0.2, 0.25) is 0 Å². The summed E-state index contributed by atoms with van der Waals surface area (Å²) in [6.07, 6.45) is 2.55. The maximum absolute atomic E-state index is 11.3. The van der Waals surface area contributed by atoms with E-state index in [0.29, 0.717) is 19.4 Å². The van der Waals surface area contributed by atoms with E-state index in [1.54, 1.807) is 0 Å². The smallest absolute Gasteiger partial charge is 0.306 e. The van der Waals surface area contributed by atoms with Gasteiger partial charge in [-0.25, -0.2) is 0 Å². The Bertz CT molecular complexity index is 136. The van der Waals surface area contributed by atoms with Crippen LogP contribution in [0.15, 0.2) is 0 Å². The lowest BCUT2D eigenvalue weighted by molar-refractivity contribution is 0.350. The molecule has 10 heavy (non-hydrogen) atoms. The van der Waals surface area contributed by atoms with Gasteiger partial charge in [-0.05, 0) is 6.42 Å². The summed E-state index contributed by atoms with van der Waals surface area (Å²) in [5, 5.41) is 0. The standard InChI is InChI=1S/C6H13O3P/c1-2-3-6-10(7)8-4-5-9-10/h2-6H2,1H3. The molecule has 1 heterocycles. The molecule has 0 amide bonds. The Labute approximate surface area is 61.2 Å². The second-order valence-electron chi connectivity index (χ2n) is 2.35. The molecule has 0 atom stereocenters. The van der Waals surface area contributed by atoms with Crippen molar-refractivity contribution in [3.8, 4) is 0 Å². The molecule has 1 fully saturated rings. The van der Waals surface area contributed by atoms with Crippen LogP contribution in [-0.4, -0.2) is 19.4 Å². The summed E-state index contributed by atoms with van der Waals surface area (Å²) in [6, 6.07) is 0. The first kappa shape index (κ1) is 8.25. The zero-order chi connectivity index (χ0) is 7.45. The highest BCUT2D eigenvalue weighted by Gasteiger charge is 2.28. The van der Waals surface area contributed by atoms with Gasteiger partial charge in [0, 0.05) is 0 Å². The molecular formula is C6H13O3P. The monoisotopic (exact) mass is 164 g/mol. The molecule has 0 unspecified atom stereocenters. The van der Waals surface area contributed by atoms with Gasteiger partial charge >= 0.3 is 7.60 Å². The van der Waals surface area contributed by atoms with Crippen LogP contribution in [-0.2, 0) is 13.6 Å². The molecule has 1 aliphatic heterocycles. The zero-order valence-corrected chi connectivity index (χ0v) is 7.10. The average Bonchev–Trinajstić information content (AvgIpc) is 2.33. The molecule has 0 spiro atoms. The summed E-state index contributed by atoms with van der Waals surface area (Å²) in [5.74, 6) is 0. The van der Waals surface area contributed by atoms with E-state index in [2.05, 4.69) is 6.92 Å². The zero-order valence-electron chi connectivity index (χ0n) is 6.21. The van der Waals surface area contributed by atoms with Gasteiger partial charge in [-0.1, -0.05) is 13.3 Å².